The number of rotatable bonds is 9. The third kappa shape index (κ3) is 20.5. The summed E-state index contributed by atoms with van der Waals surface area (Å²) in [7, 11) is 0. The van der Waals surface area contributed by atoms with Crippen molar-refractivity contribution in [1.82, 2.24) is 4.90 Å². The van der Waals surface area contributed by atoms with Crippen LogP contribution in [0, 0.1) is 28.8 Å². The van der Waals surface area contributed by atoms with Crippen LogP contribution in [0.4, 0.5) is 0 Å². The van der Waals surface area contributed by atoms with Gasteiger partial charge in [-0.1, -0.05) is 58.8 Å². The Bertz CT molecular complexity index is 294. The Morgan fingerprint density at radius 2 is 1.43 bits per heavy atom. The summed E-state index contributed by atoms with van der Waals surface area (Å²) in [6.45, 7) is 8.77. The second-order valence-corrected chi connectivity index (χ2v) is 6.28. The summed E-state index contributed by atoms with van der Waals surface area (Å²) in [6.07, 6.45) is 16.9. The second-order valence-electron chi connectivity index (χ2n) is 6.28. The molecule has 0 radical (unpaired) electrons. The Labute approximate surface area is 143 Å². The summed E-state index contributed by atoms with van der Waals surface area (Å²) < 4.78 is 0. The third-order valence-corrected chi connectivity index (χ3v) is 4.07. The molecule has 0 aromatic heterocycles. The van der Waals surface area contributed by atoms with Gasteiger partial charge in [0.25, 0.3) is 0 Å². The third-order valence-electron chi connectivity index (χ3n) is 4.07. The molecular formula is C18H37N5. The van der Waals surface area contributed by atoms with Gasteiger partial charge in [0, 0.05) is 6.54 Å². The van der Waals surface area contributed by atoms with E-state index in [4.69, 9.17) is 10.5 Å². The molecule has 0 bridgehead atoms. The van der Waals surface area contributed by atoms with Gasteiger partial charge in [-0.25, -0.2) is 0 Å². The van der Waals surface area contributed by atoms with E-state index in [1.807, 2.05) is 0 Å². The van der Waals surface area contributed by atoms with Crippen molar-refractivity contribution in [2.75, 3.05) is 19.6 Å². The van der Waals surface area contributed by atoms with Crippen molar-refractivity contribution in [2.45, 2.75) is 78.1 Å². The minimum Gasteiger partial charge on any atom is -0.337 e. The normalized spacial score (nSPS) is 16.8. The summed E-state index contributed by atoms with van der Waals surface area (Å²) in [5.74, 6) is 0.942. The summed E-state index contributed by atoms with van der Waals surface area (Å²) >= 11 is 0. The van der Waals surface area contributed by atoms with Gasteiger partial charge in [0.05, 0.1) is 0 Å². The Morgan fingerprint density at radius 3 is 1.91 bits per heavy atom. The van der Waals surface area contributed by atoms with Gasteiger partial charge in [-0.05, 0) is 38.3 Å². The van der Waals surface area contributed by atoms with Crippen molar-refractivity contribution in [3.05, 3.63) is 0 Å². The molecule has 0 saturated carbocycles. The monoisotopic (exact) mass is 323 g/mol. The Kier molecular flexibility index (Phi) is 21.3. The molecule has 1 fully saturated rings. The minimum absolute atomic E-state index is 0.942. The average molecular weight is 324 g/mol. The van der Waals surface area contributed by atoms with Crippen LogP contribution in [-0.2, 0) is 0 Å². The first-order valence-electron chi connectivity index (χ1n) is 9.07. The van der Waals surface area contributed by atoms with Gasteiger partial charge in [0.15, 0.2) is 12.4 Å². The van der Waals surface area contributed by atoms with Gasteiger partial charge in [-0.2, -0.15) is 10.5 Å². The van der Waals surface area contributed by atoms with Crippen LogP contribution in [0.25, 0.3) is 0 Å². The highest BCUT2D eigenvalue weighted by Gasteiger charge is 2.14. The van der Waals surface area contributed by atoms with Crippen molar-refractivity contribution >= 4 is 0 Å². The fourth-order valence-corrected chi connectivity index (χ4v) is 2.96. The molecule has 4 N–H and O–H groups in total. The first-order chi connectivity index (χ1) is 11.2. The molecule has 1 aliphatic heterocycles. The predicted molar refractivity (Wildman–Crippen MR) is 97.0 cm³/mol. The quantitative estimate of drug-likeness (QED) is 0.382. The molecule has 23 heavy (non-hydrogen) atoms. The van der Waals surface area contributed by atoms with Gasteiger partial charge in [0.2, 0.25) is 0 Å². The van der Waals surface area contributed by atoms with Crippen LogP contribution < -0.4 is 11.5 Å². The first-order valence-corrected chi connectivity index (χ1v) is 9.07. The number of hydrogen-bond acceptors (Lipinski definition) is 5. The van der Waals surface area contributed by atoms with Crippen molar-refractivity contribution in [3.8, 4) is 12.4 Å². The molecule has 1 rings (SSSR count). The molecule has 0 aliphatic carbocycles. The molecule has 1 heterocycles. The fourth-order valence-electron chi connectivity index (χ4n) is 2.96. The standard InChI is InChI=1S/C16H33N.2CH2N2/c1-3-4-5-6-7-8-9-10-13-17-14-11-12-16(2)15-17;2*2-1-3/h16H,3-15H2,1-2H3;2*2H2. The van der Waals surface area contributed by atoms with E-state index in [2.05, 4.69) is 30.2 Å². The van der Waals surface area contributed by atoms with Crippen LogP contribution in [0.15, 0.2) is 0 Å². The number of piperidine rings is 1. The maximum absolute atomic E-state index is 7.10. The summed E-state index contributed by atoms with van der Waals surface area (Å²) in [5, 5.41) is 14.2. The average Bonchev–Trinajstić information content (AvgIpc) is 2.52. The largest absolute Gasteiger partial charge is 0.337 e. The fraction of sp³-hybridized carbons (Fsp3) is 0.889. The summed E-state index contributed by atoms with van der Waals surface area (Å²) in [5.41, 5.74) is 8.31. The molecule has 5 heteroatoms. The van der Waals surface area contributed by atoms with Gasteiger partial charge < -0.3 is 16.4 Å². The minimum atomic E-state index is 0.942. The number of unbranched alkanes of at least 4 members (excludes halogenated alkanes) is 7. The molecule has 0 aromatic rings. The van der Waals surface area contributed by atoms with E-state index in [1.54, 1.807) is 0 Å². The van der Waals surface area contributed by atoms with E-state index >= 15 is 0 Å². The maximum Gasteiger partial charge on any atom is 0.173 e. The Balaban J connectivity index is 0. The van der Waals surface area contributed by atoms with Crippen LogP contribution in [0.5, 0.6) is 0 Å². The molecule has 134 valence electrons. The van der Waals surface area contributed by atoms with Crippen LogP contribution in [0.2, 0.25) is 0 Å². The van der Waals surface area contributed by atoms with E-state index in [1.165, 1.54) is 96.2 Å². The van der Waals surface area contributed by atoms with Crippen LogP contribution in [-0.4, -0.2) is 24.5 Å². The zero-order valence-electron chi connectivity index (χ0n) is 15.3. The van der Waals surface area contributed by atoms with E-state index in [0.717, 1.165) is 5.92 Å². The Morgan fingerprint density at radius 1 is 0.957 bits per heavy atom. The lowest BCUT2D eigenvalue weighted by atomic mass is 10.00. The summed E-state index contributed by atoms with van der Waals surface area (Å²) in [6, 6.07) is 0. The lowest BCUT2D eigenvalue weighted by Crippen LogP contribution is -2.34. The highest BCUT2D eigenvalue weighted by molar-refractivity contribution is 4.69. The number of likely N-dealkylation sites (tertiary alicyclic amines) is 1. The van der Waals surface area contributed by atoms with E-state index in [0.29, 0.717) is 0 Å². The van der Waals surface area contributed by atoms with Crippen molar-refractivity contribution in [2.24, 2.45) is 17.4 Å². The van der Waals surface area contributed by atoms with Crippen LogP contribution in [0.3, 0.4) is 0 Å². The van der Waals surface area contributed by atoms with Crippen molar-refractivity contribution in [1.29, 1.82) is 10.5 Å². The molecule has 0 aromatic carbocycles. The van der Waals surface area contributed by atoms with Crippen LogP contribution >= 0.6 is 0 Å². The van der Waals surface area contributed by atoms with E-state index in [-0.39, 0.29) is 0 Å². The molecule has 1 aliphatic rings. The topological polar surface area (TPSA) is 103 Å². The second kappa shape index (κ2) is 20.5. The molecule has 0 spiro atoms. The molecule has 5 nitrogen and oxygen atoms in total. The van der Waals surface area contributed by atoms with Crippen molar-refractivity contribution < 1.29 is 0 Å². The molecular weight excluding hydrogens is 286 g/mol. The van der Waals surface area contributed by atoms with Gasteiger partial charge in [-0.15, -0.1) is 0 Å². The number of nitrogens with zero attached hydrogens (tertiary/aromatic N) is 3. The zero-order valence-corrected chi connectivity index (χ0v) is 15.3. The van der Waals surface area contributed by atoms with Gasteiger partial charge in [0.1, 0.15) is 0 Å². The smallest absolute Gasteiger partial charge is 0.173 e. The van der Waals surface area contributed by atoms with E-state index in [9.17, 15) is 0 Å². The van der Waals surface area contributed by atoms with Crippen LogP contribution in [0.1, 0.15) is 78.1 Å². The predicted octanol–water partition coefficient (Wildman–Crippen LogP) is 3.71. The highest BCUT2D eigenvalue weighted by atomic mass is 15.1. The lowest BCUT2D eigenvalue weighted by molar-refractivity contribution is 0.180. The number of nitrogens with two attached hydrogens (primary N) is 2. The van der Waals surface area contributed by atoms with E-state index < -0.39 is 0 Å². The zero-order chi connectivity index (χ0) is 17.8. The Hall–Kier alpha value is -1.46. The first kappa shape index (κ1) is 23.8. The van der Waals surface area contributed by atoms with Crippen molar-refractivity contribution in [3.63, 3.8) is 0 Å². The highest BCUT2D eigenvalue weighted by Crippen LogP contribution is 2.16. The number of nitriles is 2. The summed E-state index contributed by atoms with van der Waals surface area (Å²) in [4.78, 5) is 2.69. The maximum atomic E-state index is 7.10. The lowest BCUT2D eigenvalue weighted by Gasteiger charge is -2.30. The van der Waals surface area contributed by atoms with Gasteiger partial charge in [-0.3, -0.25) is 0 Å². The van der Waals surface area contributed by atoms with Gasteiger partial charge >= 0.3 is 0 Å². The number of hydrogen-bond donors (Lipinski definition) is 2. The molecule has 0 amide bonds. The SMILES string of the molecule is CCCCCCCCCCN1CCCC(C)C1.N#CN.N#CN. The molecule has 1 atom stereocenters. The molecule has 1 unspecified atom stereocenters. The molecule has 1 saturated heterocycles.